The monoisotopic (exact) mass is 304 g/mol. The van der Waals surface area contributed by atoms with Crippen molar-refractivity contribution in [3.8, 4) is 6.07 Å². The first-order valence-electron chi connectivity index (χ1n) is 6.27. The normalized spacial score (nSPS) is 11.3. The zero-order valence-corrected chi connectivity index (χ0v) is 12.7. The Kier molecular flexibility index (Phi) is 6.63. The van der Waals surface area contributed by atoms with E-state index < -0.39 is 24.3 Å². The Morgan fingerprint density at radius 2 is 2.10 bits per heavy atom. The maximum Gasteiger partial charge on any atom is 0.316 e. The van der Waals surface area contributed by atoms with Gasteiger partial charge in [-0.3, -0.25) is 9.59 Å². The number of carbonyl (C=O) groups excluding carboxylic acids is 2. The first kappa shape index (κ1) is 16.9. The summed E-state index contributed by atoms with van der Waals surface area (Å²) in [5.41, 5.74) is 1.02. The number of aryl methyl sites for hydroxylation is 1. The van der Waals surface area contributed by atoms with Crippen LogP contribution >= 0.6 is 11.8 Å². The van der Waals surface area contributed by atoms with Crippen LogP contribution in [0.3, 0.4) is 0 Å². The van der Waals surface area contributed by atoms with Crippen LogP contribution in [0.1, 0.15) is 12.5 Å². The first-order valence-corrected chi connectivity index (χ1v) is 7.25. The summed E-state index contributed by atoms with van der Waals surface area (Å²) < 4.78 is 4.84. The summed E-state index contributed by atoms with van der Waals surface area (Å²) in [5.74, 6) is -2.13. The minimum absolute atomic E-state index is 0.0483. The molecule has 1 aromatic carbocycles. The Morgan fingerprint density at radius 1 is 1.43 bits per heavy atom. The molecule has 0 heterocycles. The predicted octanol–water partition coefficient (Wildman–Crippen LogP) is 2.38. The van der Waals surface area contributed by atoms with E-state index in [9.17, 15) is 9.59 Å². The molecule has 0 unspecified atom stereocenters. The number of esters is 1. The number of carbonyl (C=O) groups is 2. The molecule has 6 heteroatoms. The average molecular weight is 304 g/mol. The topological polar surface area (TPSA) is 91.0 Å². The van der Waals surface area contributed by atoms with Gasteiger partial charge in [-0.05, 0) is 25.5 Å². The van der Waals surface area contributed by atoms with Crippen molar-refractivity contribution in [3.63, 3.8) is 0 Å². The Balaban J connectivity index is 2.42. The number of thioether (sulfide) groups is 1. The van der Waals surface area contributed by atoms with Crippen LogP contribution in [0.5, 0.6) is 0 Å². The van der Waals surface area contributed by atoms with Crippen LogP contribution in [0.15, 0.2) is 29.2 Å². The molecule has 0 amide bonds. The maximum absolute atomic E-state index is 11.6. The smallest absolute Gasteiger partial charge is 0.316 e. The third kappa shape index (κ3) is 5.40. The quantitative estimate of drug-likeness (QED) is 0.474. The number of nitriles is 1. The number of hydrogen-bond donors (Lipinski definition) is 1. The molecule has 21 heavy (non-hydrogen) atoms. The Hall–Kier alpha value is -2.13. The molecule has 1 N–H and O–H groups in total. The molecule has 110 valence electrons. The number of rotatable bonds is 7. The van der Waals surface area contributed by atoms with Gasteiger partial charge in [0.1, 0.15) is 5.92 Å². The second-order valence-electron chi connectivity index (χ2n) is 4.43. The molecule has 0 aliphatic carbocycles. The fourth-order valence-electron chi connectivity index (χ4n) is 1.54. The molecule has 0 bridgehead atoms. The van der Waals surface area contributed by atoms with Gasteiger partial charge in [-0.1, -0.05) is 18.2 Å². The number of benzene rings is 1. The molecular formula is C15H16N2O3S. The van der Waals surface area contributed by atoms with Gasteiger partial charge in [0.25, 0.3) is 0 Å². The van der Waals surface area contributed by atoms with Gasteiger partial charge >= 0.3 is 5.97 Å². The van der Waals surface area contributed by atoms with Crippen LogP contribution in [0.4, 0.5) is 0 Å². The van der Waals surface area contributed by atoms with Crippen molar-refractivity contribution < 1.29 is 14.3 Å². The molecule has 1 aromatic rings. The highest BCUT2D eigenvalue weighted by Crippen LogP contribution is 2.21. The number of nitrogens with one attached hydrogen (secondary N) is 1. The van der Waals surface area contributed by atoms with E-state index in [0.29, 0.717) is 0 Å². The molecule has 5 nitrogen and oxygen atoms in total. The number of hydrogen-bond acceptors (Lipinski definition) is 6. The van der Waals surface area contributed by atoms with Crippen molar-refractivity contribution in [1.29, 1.82) is 10.7 Å². The Bertz CT molecular complexity index is 593. The second kappa shape index (κ2) is 8.22. The highest BCUT2D eigenvalue weighted by molar-refractivity contribution is 8.00. The zero-order chi connectivity index (χ0) is 15.8. The first-order chi connectivity index (χ1) is 9.95. The molecule has 0 aliphatic rings. The van der Waals surface area contributed by atoms with E-state index in [1.807, 2.05) is 31.2 Å². The molecule has 0 fully saturated rings. The van der Waals surface area contributed by atoms with Gasteiger partial charge in [0.2, 0.25) is 0 Å². The average Bonchev–Trinajstić information content (AvgIpc) is 2.44. The van der Waals surface area contributed by atoms with E-state index in [0.717, 1.165) is 10.5 Å². The summed E-state index contributed by atoms with van der Waals surface area (Å²) >= 11 is 1.33. The van der Waals surface area contributed by atoms with Crippen LogP contribution in [0.2, 0.25) is 0 Å². The van der Waals surface area contributed by atoms with Gasteiger partial charge in [0.05, 0.1) is 11.8 Å². The lowest BCUT2D eigenvalue weighted by molar-refractivity contribution is -0.145. The highest BCUT2D eigenvalue weighted by Gasteiger charge is 2.21. The van der Waals surface area contributed by atoms with E-state index in [4.69, 9.17) is 15.4 Å². The highest BCUT2D eigenvalue weighted by atomic mass is 32.2. The lowest BCUT2D eigenvalue weighted by atomic mass is 10.0. The van der Waals surface area contributed by atoms with E-state index in [-0.39, 0.29) is 11.5 Å². The van der Waals surface area contributed by atoms with Gasteiger partial charge in [0.15, 0.2) is 12.4 Å². The predicted molar refractivity (Wildman–Crippen MR) is 80.4 cm³/mol. The summed E-state index contributed by atoms with van der Waals surface area (Å²) in [5, 5.41) is 16.1. The number of ether oxygens (including phenoxy) is 1. The minimum atomic E-state index is -1.14. The minimum Gasteiger partial charge on any atom is -0.457 e. The molecule has 0 saturated carbocycles. The van der Waals surface area contributed by atoms with Gasteiger partial charge < -0.3 is 10.1 Å². The largest absolute Gasteiger partial charge is 0.457 e. The number of ketones is 1. The molecule has 0 spiro atoms. The van der Waals surface area contributed by atoms with Crippen molar-refractivity contribution in [2.24, 2.45) is 5.92 Å². The third-order valence-electron chi connectivity index (χ3n) is 2.70. The SMILES string of the molecule is CC(=N)[C@@H](C#N)C(=O)COC(=O)CSc1ccccc1C. The van der Waals surface area contributed by atoms with Crippen LogP contribution in [-0.4, -0.2) is 29.8 Å². The van der Waals surface area contributed by atoms with Gasteiger partial charge in [0, 0.05) is 10.6 Å². The molecule has 1 atom stereocenters. The zero-order valence-electron chi connectivity index (χ0n) is 11.9. The summed E-state index contributed by atoms with van der Waals surface area (Å²) in [6.45, 7) is 2.85. The van der Waals surface area contributed by atoms with Crippen molar-refractivity contribution >= 4 is 29.2 Å². The van der Waals surface area contributed by atoms with E-state index in [1.54, 1.807) is 6.07 Å². The standard InChI is InChI=1S/C15H16N2O3S/c1-10-5-3-4-6-14(10)21-9-15(19)20-8-13(18)12(7-16)11(2)17/h3-6,12,17H,8-9H2,1-2H3/t12-/m1/s1. The van der Waals surface area contributed by atoms with Gasteiger partial charge in [-0.25, -0.2) is 0 Å². The fraction of sp³-hybridized carbons (Fsp3) is 0.333. The number of Topliss-reactive ketones (excluding diaryl/α,β-unsaturated/α-hetero) is 1. The molecule has 0 aromatic heterocycles. The lowest BCUT2D eigenvalue weighted by Gasteiger charge is -2.08. The maximum atomic E-state index is 11.6. The molecule has 0 saturated heterocycles. The fourth-order valence-corrected chi connectivity index (χ4v) is 2.37. The summed E-state index contributed by atoms with van der Waals surface area (Å²) in [6.07, 6.45) is 0. The molecule has 0 aliphatic heterocycles. The Morgan fingerprint density at radius 3 is 2.67 bits per heavy atom. The summed E-state index contributed by atoms with van der Waals surface area (Å²) in [6, 6.07) is 9.37. The second-order valence-corrected chi connectivity index (χ2v) is 5.44. The van der Waals surface area contributed by atoms with Crippen molar-refractivity contribution in [2.45, 2.75) is 18.7 Å². The van der Waals surface area contributed by atoms with E-state index >= 15 is 0 Å². The van der Waals surface area contributed by atoms with Crippen LogP contribution < -0.4 is 0 Å². The van der Waals surface area contributed by atoms with Crippen LogP contribution in [0.25, 0.3) is 0 Å². The molecule has 0 radical (unpaired) electrons. The lowest BCUT2D eigenvalue weighted by Crippen LogP contribution is -2.26. The van der Waals surface area contributed by atoms with E-state index in [1.165, 1.54) is 18.7 Å². The number of nitrogens with zero attached hydrogens (tertiary/aromatic N) is 1. The summed E-state index contributed by atoms with van der Waals surface area (Å²) in [4.78, 5) is 24.2. The van der Waals surface area contributed by atoms with Crippen molar-refractivity contribution in [1.82, 2.24) is 0 Å². The molecular weight excluding hydrogens is 288 g/mol. The summed E-state index contributed by atoms with van der Waals surface area (Å²) in [7, 11) is 0. The Labute approximate surface area is 127 Å². The van der Waals surface area contributed by atoms with Crippen molar-refractivity contribution in [3.05, 3.63) is 29.8 Å². The van der Waals surface area contributed by atoms with Crippen LogP contribution in [-0.2, 0) is 14.3 Å². The van der Waals surface area contributed by atoms with Crippen LogP contribution in [0, 0.1) is 29.6 Å². The van der Waals surface area contributed by atoms with Gasteiger partial charge in [-0.2, -0.15) is 5.26 Å². The molecule has 1 rings (SSSR count). The van der Waals surface area contributed by atoms with E-state index in [2.05, 4.69) is 0 Å². The third-order valence-corrected chi connectivity index (χ3v) is 3.85. The van der Waals surface area contributed by atoms with Crippen molar-refractivity contribution in [2.75, 3.05) is 12.4 Å². The van der Waals surface area contributed by atoms with Gasteiger partial charge in [-0.15, -0.1) is 11.8 Å².